The van der Waals surface area contributed by atoms with Crippen molar-refractivity contribution in [3.63, 3.8) is 0 Å². The summed E-state index contributed by atoms with van der Waals surface area (Å²) < 4.78 is 24.2. The zero-order valence-electron chi connectivity index (χ0n) is 15.5. The first-order valence-corrected chi connectivity index (χ1v) is 8.75. The molecule has 1 aromatic heterocycles. The van der Waals surface area contributed by atoms with Crippen molar-refractivity contribution in [1.29, 1.82) is 0 Å². The number of carbonyl (C=O) groups excluding carboxylic acids is 2. The molecule has 8 heteroatoms. The fraction of sp³-hybridized carbons (Fsp3) is 0.200. The molecule has 6 nitrogen and oxygen atoms in total. The Bertz CT molecular complexity index is 1060. The molecule has 28 heavy (non-hydrogen) atoms. The van der Waals surface area contributed by atoms with Crippen molar-refractivity contribution in [2.45, 2.75) is 6.92 Å². The number of nitrogens with one attached hydrogen (secondary N) is 1. The third-order valence-corrected chi connectivity index (χ3v) is 4.49. The van der Waals surface area contributed by atoms with E-state index in [1.165, 1.54) is 37.3 Å². The van der Waals surface area contributed by atoms with E-state index >= 15 is 0 Å². The number of rotatable bonds is 5. The van der Waals surface area contributed by atoms with E-state index in [4.69, 9.17) is 20.8 Å². The lowest BCUT2D eigenvalue weighted by Crippen LogP contribution is -2.35. The molecule has 146 valence electrons. The van der Waals surface area contributed by atoms with Crippen LogP contribution >= 0.6 is 11.6 Å². The standard InChI is InChI=1S/C20H18ClFN2O4/c1-11-14-9-13(22)5-7-16(14)28-19(11)20(26)24(2)10-18(25)23-15-8-12(21)4-6-17(15)27-3/h4-9H,10H2,1-3H3,(H,23,25). The summed E-state index contributed by atoms with van der Waals surface area (Å²) in [7, 11) is 2.95. The van der Waals surface area contributed by atoms with Gasteiger partial charge in [0, 0.05) is 23.0 Å². The van der Waals surface area contributed by atoms with Crippen LogP contribution in [0.2, 0.25) is 5.02 Å². The summed E-state index contributed by atoms with van der Waals surface area (Å²) in [6.45, 7) is 1.45. The minimum absolute atomic E-state index is 0.0660. The summed E-state index contributed by atoms with van der Waals surface area (Å²) >= 11 is 5.95. The number of carbonyl (C=O) groups is 2. The molecule has 1 heterocycles. The van der Waals surface area contributed by atoms with Gasteiger partial charge in [-0.2, -0.15) is 0 Å². The maximum absolute atomic E-state index is 13.4. The fourth-order valence-corrected chi connectivity index (χ4v) is 3.00. The van der Waals surface area contributed by atoms with Crippen LogP contribution in [0.5, 0.6) is 5.75 Å². The van der Waals surface area contributed by atoms with Crippen LogP contribution in [0.1, 0.15) is 16.1 Å². The van der Waals surface area contributed by atoms with Crippen molar-refractivity contribution in [2.75, 3.05) is 26.0 Å². The largest absolute Gasteiger partial charge is 0.495 e. The van der Waals surface area contributed by atoms with Crippen LogP contribution in [0, 0.1) is 12.7 Å². The smallest absolute Gasteiger partial charge is 0.290 e. The second-order valence-electron chi connectivity index (χ2n) is 6.25. The van der Waals surface area contributed by atoms with Crippen molar-refractivity contribution < 1.29 is 23.1 Å². The van der Waals surface area contributed by atoms with Crippen molar-refractivity contribution >= 4 is 40.1 Å². The minimum Gasteiger partial charge on any atom is -0.495 e. The number of halogens is 2. The Labute approximate surface area is 165 Å². The molecule has 0 atom stereocenters. The SMILES string of the molecule is COc1ccc(Cl)cc1NC(=O)CN(C)C(=O)c1oc2ccc(F)cc2c1C. The number of nitrogens with zero attached hydrogens (tertiary/aromatic N) is 1. The zero-order chi connectivity index (χ0) is 20.4. The number of furan rings is 1. The van der Waals surface area contributed by atoms with Crippen LogP contribution < -0.4 is 10.1 Å². The molecule has 0 aliphatic heterocycles. The summed E-state index contributed by atoms with van der Waals surface area (Å²) in [5.41, 5.74) is 1.32. The minimum atomic E-state index is -0.484. The van der Waals surface area contributed by atoms with Gasteiger partial charge in [-0.25, -0.2) is 4.39 Å². The Balaban J connectivity index is 1.75. The summed E-state index contributed by atoms with van der Waals surface area (Å²) in [5.74, 6) is -0.824. The summed E-state index contributed by atoms with van der Waals surface area (Å²) in [6, 6.07) is 8.85. The highest BCUT2D eigenvalue weighted by atomic mass is 35.5. The van der Waals surface area contributed by atoms with Gasteiger partial charge in [-0.05, 0) is 43.3 Å². The summed E-state index contributed by atoms with van der Waals surface area (Å²) in [4.78, 5) is 26.3. The lowest BCUT2D eigenvalue weighted by Gasteiger charge is -2.17. The predicted molar refractivity (Wildman–Crippen MR) is 105 cm³/mol. The first-order valence-electron chi connectivity index (χ1n) is 8.37. The number of fused-ring (bicyclic) bond motifs is 1. The van der Waals surface area contributed by atoms with E-state index in [2.05, 4.69) is 5.32 Å². The number of ether oxygens (including phenoxy) is 1. The van der Waals surface area contributed by atoms with Crippen LogP contribution in [0.4, 0.5) is 10.1 Å². The molecule has 3 rings (SSSR count). The Hall–Kier alpha value is -3.06. The van der Waals surface area contributed by atoms with Crippen molar-refractivity contribution in [3.8, 4) is 5.75 Å². The molecule has 0 saturated heterocycles. The number of hydrogen-bond acceptors (Lipinski definition) is 4. The lowest BCUT2D eigenvalue weighted by molar-refractivity contribution is -0.116. The molecule has 0 saturated carbocycles. The van der Waals surface area contributed by atoms with Gasteiger partial charge in [0.15, 0.2) is 5.76 Å². The van der Waals surface area contributed by atoms with E-state index in [1.54, 1.807) is 25.1 Å². The van der Waals surface area contributed by atoms with E-state index in [0.717, 1.165) is 0 Å². The Morgan fingerprint density at radius 1 is 1.25 bits per heavy atom. The Morgan fingerprint density at radius 3 is 2.71 bits per heavy atom. The zero-order valence-corrected chi connectivity index (χ0v) is 16.3. The van der Waals surface area contributed by atoms with E-state index in [9.17, 15) is 14.0 Å². The van der Waals surface area contributed by atoms with Crippen molar-refractivity contribution in [1.82, 2.24) is 4.90 Å². The van der Waals surface area contributed by atoms with Gasteiger partial charge >= 0.3 is 0 Å². The monoisotopic (exact) mass is 404 g/mol. The molecule has 3 aromatic rings. The van der Waals surface area contributed by atoms with E-state index in [1.807, 2.05) is 0 Å². The van der Waals surface area contributed by atoms with Crippen LogP contribution in [-0.2, 0) is 4.79 Å². The Kier molecular flexibility index (Phi) is 5.56. The highest BCUT2D eigenvalue weighted by Gasteiger charge is 2.23. The van der Waals surface area contributed by atoms with Gasteiger partial charge in [-0.3, -0.25) is 9.59 Å². The molecule has 0 unspecified atom stereocenters. The third kappa shape index (κ3) is 3.94. The normalized spacial score (nSPS) is 10.8. The van der Waals surface area contributed by atoms with Gasteiger partial charge in [-0.15, -0.1) is 0 Å². The van der Waals surface area contributed by atoms with Gasteiger partial charge in [0.05, 0.1) is 19.3 Å². The number of likely N-dealkylation sites (N-methyl/N-ethyl adjacent to an activating group) is 1. The molecule has 2 amide bonds. The lowest BCUT2D eigenvalue weighted by atomic mass is 10.1. The molecule has 2 aromatic carbocycles. The molecule has 0 bridgehead atoms. The number of anilines is 1. The summed E-state index contributed by atoms with van der Waals surface area (Å²) in [5, 5.41) is 3.62. The van der Waals surface area contributed by atoms with Crippen LogP contribution in [-0.4, -0.2) is 37.4 Å². The van der Waals surface area contributed by atoms with E-state index in [0.29, 0.717) is 33.0 Å². The topological polar surface area (TPSA) is 71.8 Å². The van der Waals surface area contributed by atoms with Crippen molar-refractivity contribution in [2.24, 2.45) is 0 Å². The maximum Gasteiger partial charge on any atom is 0.290 e. The van der Waals surface area contributed by atoms with Gasteiger partial charge in [0.2, 0.25) is 5.91 Å². The number of aryl methyl sites for hydroxylation is 1. The first-order chi connectivity index (χ1) is 13.3. The molecular weight excluding hydrogens is 387 g/mol. The van der Waals surface area contributed by atoms with Crippen LogP contribution in [0.25, 0.3) is 11.0 Å². The molecule has 0 aliphatic carbocycles. The molecular formula is C20H18ClFN2O4. The fourth-order valence-electron chi connectivity index (χ4n) is 2.83. The number of benzene rings is 2. The number of amides is 2. The van der Waals surface area contributed by atoms with Crippen LogP contribution in [0.3, 0.4) is 0 Å². The third-order valence-electron chi connectivity index (χ3n) is 4.26. The highest BCUT2D eigenvalue weighted by Crippen LogP contribution is 2.28. The maximum atomic E-state index is 13.4. The average Bonchev–Trinajstić information content (AvgIpc) is 2.97. The highest BCUT2D eigenvalue weighted by molar-refractivity contribution is 6.31. The second-order valence-corrected chi connectivity index (χ2v) is 6.69. The van der Waals surface area contributed by atoms with Gasteiger partial charge in [0.25, 0.3) is 5.91 Å². The van der Waals surface area contributed by atoms with Crippen molar-refractivity contribution in [3.05, 3.63) is 58.6 Å². The van der Waals surface area contributed by atoms with E-state index in [-0.39, 0.29) is 12.3 Å². The number of hydrogen-bond donors (Lipinski definition) is 1. The molecule has 0 spiro atoms. The van der Waals surface area contributed by atoms with E-state index < -0.39 is 17.6 Å². The Morgan fingerprint density at radius 2 is 2.00 bits per heavy atom. The van der Waals surface area contributed by atoms with Gasteiger partial charge in [-0.1, -0.05) is 11.6 Å². The quantitative estimate of drug-likeness (QED) is 0.690. The molecule has 1 N–H and O–H groups in total. The molecule has 0 radical (unpaired) electrons. The van der Waals surface area contributed by atoms with Gasteiger partial charge in [0.1, 0.15) is 17.1 Å². The second kappa shape index (κ2) is 7.90. The first kappa shape index (κ1) is 19.7. The molecule has 0 fully saturated rings. The predicted octanol–water partition coefficient (Wildman–Crippen LogP) is 4.25. The van der Waals surface area contributed by atoms with Gasteiger partial charge < -0.3 is 19.4 Å². The summed E-state index contributed by atoms with van der Waals surface area (Å²) in [6.07, 6.45) is 0. The van der Waals surface area contributed by atoms with Crippen LogP contribution in [0.15, 0.2) is 40.8 Å². The molecule has 0 aliphatic rings. The average molecular weight is 405 g/mol. The number of methoxy groups -OCH3 is 1.